The van der Waals surface area contributed by atoms with Crippen LogP contribution in [0, 0.1) is 6.92 Å². The van der Waals surface area contributed by atoms with Gasteiger partial charge in [-0.05, 0) is 36.6 Å². The van der Waals surface area contributed by atoms with Gasteiger partial charge in [0.05, 0.1) is 15.9 Å². The van der Waals surface area contributed by atoms with E-state index in [9.17, 15) is 4.79 Å². The Kier molecular flexibility index (Phi) is 3.53. The van der Waals surface area contributed by atoms with Crippen molar-refractivity contribution in [3.63, 3.8) is 0 Å². The molecule has 0 aromatic carbocycles. The first kappa shape index (κ1) is 14.3. The quantitative estimate of drug-likeness (QED) is 0.725. The van der Waals surface area contributed by atoms with Crippen LogP contribution in [-0.4, -0.2) is 42.0 Å². The maximum Gasteiger partial charge on any atom is 0.289 e. The third-order valence-electron chi connectivity index (χ3n) is 4.18. The van der Waals surface area contributed by atoms with Crippen molar-refractivity contribution < 1.29 is 9.21 Å². The molecule has 3 aromatic heterocycles. The maximum absolute atomic E-state index is 12.4. The van der Waals surface area contributed by atoms with E-state index < -0.39 is 0 Å². The van der Waals surface area contributed by atoms with Crippen molar-refractivity contribution in [1.29, 1.82) is 0 Å². The number of nitrogens with zero attached hydrogens (tertiary/aromatic N) is 3. The summed E-state index contributed by atoms with van der Waals surface area (Å²) in [6, 6.07) is 7.69. The molecule has 0 radical (unpaired) electrons. The molecule has 1 aliphatic heterocycles. The van der Waals surface area contributed by atoms with Gasteiger partial charge in [-0.15, -0.1) is 11.3 Å². The fraction of sp³-hybridized carbons (Fsp3) is 0.294. The number of pyridine rings is 1. The van der Waals surface area contributed by atoms with E-state index in [1.165, 1.54) is 10.4 Å². The molecule has 4 heterocycles. The molecule has 0 N–H and O–H groups in total. The van der Waals surface area contributed by atoms with E-state index in [2.05, 4.69) is 21.3 Å². The average Bonchev–Trinajstić information content (AvgIpc) is 3.22. The summed E-state index contributed by atoms with van der Waals surface area (Å²) in [6.45, 7) is 4.90. The van der Waals surface area contributed by atoms with E-state index in [0.29, 0.717) is 18.8 Å². The van der Waals surface area contributed by atoms with Gasteiger partial charge in [-0.2, -0.15) is 0 Å². The van der Waals surface area contributed by atoms with Crippen LogP contribution in [0.5, 0.6) is 0 Å². The van der Waals surface area contributed by atoms with Gasteiger partial charge >= 0.3 is 0 Å². The van der Waals surface area contributed by atoms with Crippen molar-refractivity contribution in [3.8, 4) is 0 Å². The topological polar surface area (TPSA) is 49.6 Å². The fourth-order valence-corrected chi connectivity index (χ4v) is 3.86. The molecule has 3 aromatic rings. The molecule has 0 atom stereocenters. The van der Waals surface area contributed by atoms with Gasteiger partial charge in [-0.3, -0.25) is 9.78 Å². The molecular weight excluding hydrogens is 310 g/mol. The number of rotatable bonds is 2. The third kappa shape index (κ3) is 2.59. The van der Waals surface area contributed by atoms with E-state index in [-0.39, 0.29) is 5.91 Å². The molecule has 6 heteroatoms. The zero-order valence-corrected chi connectivity index (χ0v) is 13.7. The lowest BCUT2D eigenvalue weighted by Gasteiger charge is -2.35. The van der Waals surface area contributed by atoms with Crippen LogP contribution in [0.1, 0.15) is 16.3 Å². The van der Waals surface area contributed by atoms with Gasteiger partial charge in [0.2, 0.25) is 0 Å². The van der Waals surface area contributed by atoms with E-state index in [0.717, 1.165) is 24.4 Å². The fourth-order valence-electron chi connectivity index (χ4n) is 2.96. The molecule has 1 aliphatic rings. The first-order valence-electron chi connectivity index (χ1n) is 7.65. The third-order valence-corrected chi connectivity index (χ3v) is 5.11. The van der Waals surface area contributed by atoms with Crippen molar-refractivity contribution in [2.75, 3.05) is 31.1 Å². The van der Waals surface area contributed by atoms with Crippen molar-refractivity contribution in [1.82, 2.24) is 9.88 Å². The van der Waals surface area contributed by atoms with Crippen LogP contribution in [0.25, 0.3) is 10.2 Å². The second kappa shape index (κ2) is 5.70. The average molecular weight is 327 g/mol. The molecule has 4 rings (SSSR count). The molecule has 0 saturated carbocycles. The summed E-state index contributed by atoms with van der Waals surface area (Å²) in [5, 5.41) is 2.07. The van der Waals surface area contributed by atoms with E-state index in [4.69, 9.17) is 4.42 Å². The molecule has 0 bridgehead atoms. The molecule has 5 nitrogen and oxygen atoms in total. The number of furan rings is 1. The first-order chi connectivity index (χ1) is 11.2. The zero-order chi connectivity index (χ0) is 15.8. The number of aromatic nitrogens is 1. The predicted octanol–water partition coefficient (Wildman–Crippen LogP) is 3.16. The van der Waals surface area contributed by atoms with E-state index in [1.54, 1.807) is 17.4 Å². The van der Waals surface area contributed by atoms with Crippen LogP contribution in [0.2, 0.25) is 0 Å². The highest BCUT2D eigenvalue weighted by atomic mass is 32.1. The Morgan fingerprint density at radius 1 is 1.17 bits per heavy atom. The highest BCUT2D eigenvalue weighted by Crippen LogP contribution is 2.30. The van der Waals surface area contributed by atoms with Gasteiger partial charge in [0, 0.05) is 32.4 Å². The highest BCUT2D eigenvalue weighted by molar-refractivity contribution is 7.17. The SMILES string of the molecule is Cc1ccc(C(=O)N2CCN(c3ccnc4ccsc34)CC2)o1. The maximum atomic E-state index is 12.4. The summed E-state index contributed by atoms with van der Waals surface area (Å²) in [5.74, 6) is 1.18. The van der Waals surface area contributed by atoms with Gasteiger partial charge in [0.15, 0.2) is 5.76 Å². The molecule has 0 unspecified atom stereocenters. The first-order valence-corrected chi connectivity index (χ1v) is 8.53. The summed E-state index contributed by atoms with van der Waals surface area (Å²) in [6.07, 6.45) is 1.85. The van der Waals surface area contributed by atoms with Gasteiger partial charge in [0.1, 0.15) is 5.76 Å². The van der Waals surface area contributed by atoms with Gasteiger partial charge in [0.25, 0.3) is 5.91 Å². The zero-order valence-electron chi connectivity index (χ0n) is 12.9. The van der Waals surface area contributed by atoms with Gasteiger partial charge in [-0.1, -0.05) is 0 Å². The van der Waals surface area contributed by atoms with Crippen LogP contribution in [0.3, 0.4) is 0 Å². The number of thiophene rings is 1. The molecule has 23 heavy (non-hydrogen) atoms. The van der Waals surface area contributed by atoms with Crippen molar-refractivity contribution >= 4 is 33.1 Å². The molecular formula is C17H17N3O2S. The number of fused-ring (bicyclic) bond motifs is 1. The molecule has 1 fully saturated rings. The number of hydrogen-bond donors (Lipinski definition) is 0. The Hall–Kier alpha value is -2.34. The minimum absolute atomic E-state index is 0.0197. The Morgan fingerprint density at radius 3 is 2.74 bits per heavy atom. The number of hydrogen-bond acceptors (Lipinski definition) is 5. The standard InChI is InChI=1S/C17H17N3O2S/c1-12-2-3-15(22-12)17(21)20-9-7-19(8-10-20)14-4-6-18-13-5-11-23-16(13)14/h2-6,11H,7-10H2,1H3. The van der Waals surface area contributed by atoms with Crippen LogP contribution in [-0.2, 0) is 0 Å². The number of aryl methyl sites for hydroxylation is 1. The lowest BCUT2D eigenvalue weighted by molar-refractivity contribution is 0.0713. The number of carbonyl (C=O) groups is 1. The number of carbonyl (C=O) groups excluding carboxylic acids is 1. The number of anilines is 1. The van der Waals surface area contributed by atoms with Crippen molar-refractivity contribution in [3.05, 3.63) is 47.4 Å². The summed E-state index contributed by atoms with van der Waals surface area (Å²) >= 11 is 1.71. The van der Waals surface area contributed by atoms with Crippen molar-refractivity contribution in [2.45, 2.75) is 6.92 Å². The van der Waals surface area contributed by atoms with Crippen LogP contribution in [0.4, 0.5) is 5.69 Å². The number of amides is 1. The van der Waals surface area contributed by atoms with Crippen LogP contribution >= 0.6 is 11.3 Å². The summed E-state index contributed by atoms with van der Waals surface area (Å²) in [4.78, 5) is 21.0. The molecule has 1 saturated heterocycles. The van der Waals surface area contributed by atoms with E-state index >= 15 is 0 Å². The monoisotopic (exact) mass is 327 g/mol. The second-order valence-electron chi connectivity index (χ2n) is 5.65. The summed E-state index contributed by atoms with van der Waals surface area (Å²) in [5.41, 5.74) is 2.25. The number of piperazine rings is 1. The molecule has 118 valence electrons. The minimum atomic E-state index is -0.0197. The Bertz CT molecular complexity index is 846. The predicted molar refractivity (Wildman–Crippen MR) is 91.2 cm³/mol. The lowest BCUT2D eigenvalue weighted by atomic mass is 10.2. The Labute approximate surface area is 138 Å². The van der Waals surface area contributed by atoms with Gasteiger partial charge < -0.3 is 14.2 Å². The van der Waals surface area contributed by atoms with Crippen LogP contribution in [0.15, 0.2) is 40.3 Å². The van der Waals surface area contributed by atoms with Crippen LogP contribution < -0.4 is 4.90 Å². The van der Waals surface area contributed by atoms with E-state index in [1.807, 2.05) is 30.2 Å². The lowest BCUT2D eigenvalue weighted by Crippen LogP contribution is -2.48. The van der Waals surface area contributed by atoms with Crippen molar-refractivity contribution in [2.24, 2.45) is 0 Å². The smallest absolute Gasteiger partial charge is 0.289 e. The molecule has 0 aliphatic carbocycles. The Balaban J connectivity index is 1.49. The van der Waals surface area contributed by atoms with Gasteiger partial charge in [-0.25, -0.2) is 0 Å². The normalized spacial score (nSPS) is 15.3. The minimum Gasteiger partial charge on any atom is -0.456 e. The Morgan fingerprint density at radius 2 is 2.00 bits per heavy atom. The molecule has 0 spiro atoms. The summed E-state index contributed by atoms with van der Waals surface area (Å²) in [7, 11) is 0. The largest absolute Gasteiger partial charge is 0.456 e. The molecule has 1 amide bonds. The second-order valence-corrected chi connectivity index (χ2v) is 6.57. The highest BCUT2D eigenvalue weighted by Gasteiger charge is 2.25. The summed E-state index contributed by atoms with van der Waals surface area (Å²) < 4.78 is 6.66.